The van der Waals surface area contributed by atoms with E-state index in [1.54, 1.807) is 23.1 Å². The van der Waals surface area contributed by atoms with E-state index in [-0.39, 0.29) is 16.7 Å². The Hall–Kier alpha value is -0.550. The van der Waals surface area contributed by atoms with E-state index in [4.69, 9.17) is 0 Å². The lowest BCUT2D eigenvalue weighted by molar-refractivity contribution is -0.119. The Morgan fingerprint density at radius 3 is 2.53 bits per heavy atom. The van der Waals surface area contributed by atoms with Crippen LogP contribution in [0.3, 0.4) is 0 Å². The van der Waals surface area contributed by atoms with Crippen molar-refractivity contribution in [2.24, 2.45) is 0 Å². The summed E-state index contributed by atoms with van der Waals surface area (Å²) in [5.41, 5.74) is 0.961. The first-order valence-corrected chi connectivity index (χ1v) is 8.44. The molecule has 1 rings (SSSR count). The molecule has 0 bridgehead atoms. The fourth-order valence-corrected chi connectivity index (χ4v) is 2.98. The summed E-state index contributed by atoms with van der Waals surface area (Å²) in [4.78, 5) is 16.4. The quantitative estimate of drug-likeness (QED) is 0.894. The molecule has 5 heteroatoms. The van der Waals surface area contributed by atoms with Crippen molar-refractivity contribution in [1.29, 1.82) is 0 Å². The summed E-state index contributed by atoms with van der Waals surface area (Å²) in [6, 6.07) is -0.0168. The van der Waals surface area contributed by atoms with Crippen molar-refractivity contribution in [1.82, 2.24) is 10.3 Å². The standard InChI is InChI=1S/C14H24N2OS2/c1-9(2)13-16-11(7-18-13)10(3)15-12(17)8-19-14(4,5)6/h7,9-10H,8H2,1-6H3,(H,15,17)/t10-/m0/s1. The van der Waals surface area contributed by atoms with E-state index in [1.807, 2.05) is 12.3 Å². The van der Waals surface area contributed by atoms with Crippen molar-refractivity contribution in [3.63, 3.8) is 0 Å². The highest BCUT2D eigenvalue weighted by Gasteiger charge is 2.17. The first kappa shape index (κ1) is 16.5. The zero-order chi connectivity index (χ0) is 14.6. The second-order valence-electron chi connectivity index (χ2n) is 5.96. The molecule has 0 aliphatic rings. The molecule has 1 amide bonds. The molecule has 0 aromatic carbocycles. The first-order valence-electron chi connectivity index (χ1n) is 6.57. The van der Waals surface area contributed by atoms with Gasteiger partial charge in [0, 0.05) is 16.0 Å². The van der Waals surface area contributed by atoms with Crippen LogP contribution in [0.1, 0.15) is 64.2 Å². The second-order valence-corrected chi connectivity index (χ2v) is 8.65. The monoisotopic (exact) mass is 300 g/mol. The molecule has 1 atom stereocenters. The minimum absolute atomic E-state index is 0.0168. The topological polar surface area (TPSA) is 42.0 Å². The highest BCUT2D eigenvalue weighted by Crippen LogP contribution is 2.24. The summed E-state index contributed by atoms with van der Waals surface area (Å²) < 4.78 is 0.117. The molecule has 108 valence electrons. The molecule has 1 N–H and O–H groups in total. The van der Waals surface area contributed by atoms with E-state index in [9.17, 15) is 4.79 Å². The minimum atomic E-state index is -0.0168. The van der Waals surface area contributed by atoms with Gasteiger partial charge in [0.1, 0.15) is 0 Å². The Kier molecular flexibility index (Phi) is 5.86. The predicted molar refractivity (Wildman–Crippen MR) is 85.0 cm³/mol. The number of amides is 1. The summed E-state index contributed by atoms with van der Waals surface area (Å²) in [6.45, 7) is 12.6. The number of nitrogens with one attached hydrogen (secondary N) is 1. The van der Waals surface area contributed by atoms with E-state index >= 15 is 0 Å². The van der Waals surface area contributed by atoms with Gasteiger partial charge in [-0.3, -0.25) is 4.79 Å². The molecular formula is C14H24N2OS2. The molecule has 1 heterocycles. The molecule has 0 saturated heterocycles. The number of aromatic nitrogens is 1. The normalized spacial score (nSPS) is 13.6. The number of rotatable bonds is 5. The Morgan fingerprint density at radius 2 is 2.05 bits per heavy atom. The molecule has 0 aliphatic carbocycles. The zero-order valence-electron chi connectivity index (χ0n) is 12.6. The second kappa shape index (κ2) is 6.75. The smallest absolute Gasteiger partial charge is 0.230 e. The van der Waals surface area contributed by atoms with Gasteiger partial charge >= 0.3 is 0 Å². The fraction of sp³-hybridized carbons (Fsp3) is 0.714. The van der Waals surface area contributed by atoms with Crippen LogP contribution < -0.4 is 5.32 Å². The van der Waals surface area contributed by atoms with Gasteiger partial charge in [-0.05, 0) is 6.92 Å². The highest BCUT2D eigenvalue weighted by molar-refractivity contribution is 8.01. The third-order valence-electron chi connectivity index (χ3n) is 2.49. The molecule has 0 saturated carbocycles. The summed E-state index contributed by atoms with van der Waals surface area (Å²) in [6.07, 6.45) is 0. The maximum atomic E-state index is 11.9. The Bertz CT molecular complexity index is 421. The zero-order valence-corrected chi connectivity index (χ0v) is 14.2. The van der Waals surface area contributed by atoms with Crippen LogP contribution >= 0.6 is 23.1 Å². The van der Waals surface area contributed by atoms with Gasteiger partial charge in [0.15, 0.2) is 0 Å². The molecular weight excluding hydrogens is 276 g/mol. The third-order valence-corrected chi connectivity index (χ3v) is 4.93. The minimum Gasteiger partial charge on any atom is -0.347 e. The van der Waals surface area contributed by atoms with Crippen molar-refractivity contribution in [3.05, 3.63) is 16.1 Å². The Balaban J connectivity index is 2.49. The summed E-state index contributed by atoms with van der Waals surface area (Å²) in [7, 11) is 0. The molecule has 3 nitrogen and oxygen atoms in total. The molecule has 0 unspecified atom stereocenters. The van der Waals surface area contributed by atoms with Crippen LogP contribution in [0.25, 0.3) is 0 Å². The van der Waals surface area contributed by atoms with Crippen molar-refractivity contribution in [3.8, 4) is 0 Å². The van der Waals surface area contributed by atoms with Crippen molar-refractivity contribution in [2.75, 3.05) is 5.75 Å². The lowest BCUT2D eigenvalue weighted by Gasteiger charge is -2.18. The van der Waals surface area contributed by atoms with Crippen LogP contribution in [0.4, 0.5) is 0 Å². The molecule has 19 heavy (non-hydrogen) atoms. The molecule has 0 fully saturated rings. The van der Waals surface area contributed by atoms with E-state index in [2.05, 4.69) is 44.9 Å². The van der Waals surface area contributed by atoms with Crippen LogP contribution in [0.5, 0.6) is 0 Å². The largest absolute Gasteiger partial charge is 0.347 e. The molecule has 1 aromatic rings. The SMILES string of the molecule is CC(C)c1nc([C@H](C)NC(=O)CSC(C)(C)C)cs1. The molecule has 0 radical (unpaired) electrons. The number of hydrogen-bond acceptors (Lipinski definition) is 4. The molecule has 0 aliphatic heterocycles. The van der Waals surface area contributed by atoms with Crippen LogP contribution in [0, 0.1) is 0 Å². The number of nitrogens with zero attached hydrogens (tertiary/aromatic N) is 1. The molecule has 1 aromatic heterocycles. The number of carbonyl (C=O) groups is 1. The van der Waals surface area contributed by atoms with Crippen molar-refractivity contribution >= 4 is 29.0 Å². The van der Waals surface area contributed by atoms with E-state index < -0.39 is 0 Å². The molecule has 0 spiro atoms. The van der Waals surface area contributed by atoms with Crippen molar-refractivity contribution < 1.29 is 4.79 Å². The predicted octanol–water partition coefficient (Wildman–Crippen LogP) is 3.98. The van der Waals surface area contributed by atoms with Gasteiger partial charge in [0.25, 0.3) is 0 Å². The van der Waals surface area contributed by atoms with Crippen LogP contribution in [0.2, 0.25) is 0 Å². The average molecular weight is 300 g/mol. The van der Waals surface area contributed by atoms with Gasteiger partial charge in [0.05, 0.1) is 22.5 Å². The van der Waals surface area contributed by atoms with Gasteiger partial charge < -0.3 is 5.32 Å². The maximum absolute atomic E-state index is 11.9. The summed E-state index contributed by atoms with van der Waals surface area (Å²) >= 11 is 3.32. The van der Waals surface area contributed by atoms with E-state index in [1.165, 1.54) is 0 Å². The van der Waals surface area contributed by atoms with Crippen LogP contribution in [0.15, 0.2) is 5.38 Å². The third kappa shape index (κ3) is 5.95. The fourth-order valence-electron chi connectivity index (χ4n) is 1.40. The first-order chi connectivity index (χ1) is 8.69. The van der Waals surface area contributed by atoms with E-state index in [0.29, 0.717) is 11.7 Å². The number of carbonyl (C=O) groups excluding carboxylic acids is 1. The Morgan fingerprint density at radius 1 is 1.42 bits per heavy atom. The number of thiazole rings is 1. The average Bonchev–Trinajstić information content (AvgIpc) is 2.74. The lowest BCUT2D eigenvalue weighted by Crippen LogP contribution is -2.29. The van der Waals surface area contributed by atoms with E-state index in [0.717, 1.165) is 10.7 Å². The van der Waals surface area contributed by atoms with Gasteiger partial charge in [-0.15, -0.1) is 23.1 Å². The van der Waals surface area contributed by atoms with Gasteiger partial charge in [-0.25, -0.2) is 4.98 Å². The van der Waals surface area contributed by atoms with Crippen LogP contribution in [-0.2, 0) is 4.79 Å². The van der Waals surface area contributed by atoms with Gasteiger partial charge in [-0.2, -0.15) is 0 Å². The highest BCUT2D eigenvalue weighted by atomic mass is 32.2. The van der Waals surface area contributed by atoms with Gasteiger partial charge in [0.2, 0.25) is 5.91 Å². The van der Waals surface area contributed by atoms with Crippen molar-refractivity contribution in [2.45, 2.75) is 58.2 Å². The number of thioether (sulfide) groups is 1. The Labute approximate surface area is 124 Å². The van der Waals surface area contributed by atoms with Crippen LogP contribution in [-0.4, -0.2) is 21.4 Å². The summed E-state index contributed by atoms with van der Waals surface area (Å²) in [5.74, 6) is 1.01. The van der Waals surface area contributed by atoms with Gasteiger partial charge in [-0.1, -0.05) is 34.6 Å². The lowest BCUT2D eigenvalue weighted by atomic mass is 10.2. The summed E-state index contributed by atoms with van der Waals surface area (Å²) in [5, 5.41) is 6.17. The number of hydrogen-bond donors (Lipinski definition) is 1. The maximum Gasteiger partial charge on any atom is 0.230 e.